The lowest BCUT2D eigenvalue weighted by Gasteiger charge is -2.36. The van der Waals surface area contributed by atoms with Crippen LogP contribution in [0.15, 0.2) is 35.5 Å². The summed E-state index contributed by atoms with van der Waals surface area (Å²) >= 11 is 0. The number of aryl methyl sites for hydroxylation is 1. The molecule has 2 aliphatic carbocycles. The maximum Gasteiger partial charge on any atom is 0.163 e. The second kappa shape index (κ2) is 6.81. The van der Waals surface area contributed by atoms with E-state index in [9.17, 15) is 5.26 Å². The van der Waals surface area contributed by atoms with Gasteiger partial charge in [0, 0.05) is 29.9 Å². The lowest BCUT2D eigenvalue weighted by molar-refractivity contribution is 0.192. The molecule has 0 bridgehead atoms. The van der Waals surface area contributed by atoms with Gasteiger partial charge in [0.25, 0.3) is 0 Å². The molecule has 1 aromatic carbocycles. The molecule has 2 heterocycles. The summed E-state index contributed by atoms with van der Waals surface area (Å²) in [6.45, 7) is 4.45. The molecule has 0 radical (unpaired) electrons. The molecule has 1 aliphatic heterocycles. The van der Waals surface area contributed by atoms with Crippen LogP contribution in [0.4, 0.5) is 0 Å². The fourth-order valence-electron chi connectivity index (χ4n) is 5.19. The Kier molecular flexibility index (Phi) is 4.27. The molecule has 4 nitrogen and oxygen atoms in total. The van der Waals surface area contributed by atoms with Crippen molar-refractivity contribution >= 4 is 17.1 Å². The van der Waals surface area contributed by atoms with Gasteiger partial charge in [0.15, 0.2) is 6.17 Å². The highest BCUT2D eigenvalue weighted by atomic mass is 15.3. The predicted molar refractivity (Wildman–Crippen MR) is 113 cm³/mol. The van der Waals surface area contributed by atoms with Crippen LogP contribution in [-0.2, 0) is 0 Å². The molecule has 2 aromatic rings. The van der Waals surface area contributed by atoms with Gasteiger partial charge in [-0.05, 0) is 63.2 Å². The lowest BCUT2D eigenvalue weighted by atomic mass is 10.1. The fourth-order valence-corrected chi connectivity index (χ4v) is 5.19. The topological polar surface area (TPSA) is 44.3 Å². The van der Waals surface area contributed by atoms with Crippen LogP contribution in [0.5, 0.6) is 0 Å². The molecule has 0 saturated heterocycles. The fraction of sp³-hybridized carbons (Fsp3) is 0.500. The molecule has 28 heavy (non-hydrogen) atoms. The van der Waals surface area contributed by atoms with Gasteiger partial charge in [0.2, 0.25) is 0 Å². The predicted octanol–water partition coefficient (Wildman–Crippen LogP) is 5.63. The molecule has 0 amide bonds. The minimum absolute atomic E-state index is 0.108. The molecule has 1 aromatic heterocycles. The molecule has 0 spiro atoms. The van der Waals surface area contributed by atoms with E-state index in [2.05, 4.69) is 53.8 Å². The Morgan fingerprint density at radius 3 is 2.68 bits per heavy atom. The number of nitrogens with zero attached hydrogens (tertiary/aromatic N) is 4. The quantitative estimate of drug-likeness (QED) is 0.698. The first kappa shape index (κ1) is 17.6. The van der Waals surface area contributed by atoms with Gasteiger partial charge < -0.3 is 9.47 Å². The van der Waals surface area contributed by atoms with E-state index in [4.69, 9.17) is 4.99 Å². The van der Waals surface area contributed by atoms with E-state index in [1.54, 1.807) is 0 Å². The summed E-state index contributed by atoms with van der Waals surface area (Å²) in [4.78, 5) is 7.31. The maximum absolute atomic E-state index is 10.2. The van der Waals surface area contributed by atoms with Crippen molar-refractivity contribution in [2.45, 2.75) is 70.6 Å². The highest BCUT2D eigenvalue weighted by Crippen LogP contribution is 2.44. The number of rotatable bonds is 4. The number of aliphatic imine (C=N–C) groups is 1. The van der Waals surface area contributed by atoms with Gasteiger partial charge in [-0.3, -0.25) is 4.99 Å². The van der Waals surface area contributed by atoms with E-state index in [1.807, 2.05) is 12.3 Å². The third-order valence-electron chi connectivity index (χ3n) is 6.87. The monoisotopic (exact) mass is 372 g/mol. The van der Waals surface area contributed by atoms with Gasteiger partial charge >= 0.3 is 0 Å². The van der Waals surface area contributed by atoms with Crippen LogP contribution in [0.2, 0.25) is 0 Å². The van der Waals surface area contributed by atoms with Crippen molar-refractivity contribution in [2.75, 3.05) is 0 Å². The van der Waals surface area contributed by atoms with Crippen molar-refractivity contribution < 1.29 is 0 Å². The summed E-state index contributed by atoms with van der Waals surface area (Å²) in [5.74, 6) is 0.748. The maximum atomic E-state index is 10.2. The van der Waals surface area contributed by atoms with Crippen LogP contribution in [0.1, 0.15) is 74.5 Å². The Balaban J connectivity index is 1.73. The van der Waals surface area contributed by atoms with E-state index < -0.39 is 0 Å². The Morgan fingerprint density at radius 2 is 1.96 bits per heavy atom. The standard InChI is InChI=1S/C24H28N4/c1-16-8-11-20-21(15-25)23(28(22(20)14-16)19-6-3-4-7-19)24-26-12-5-13-27(24)17(2)18-9-10-18/h5,8,11-14,17-19,24H,3-4,6-7,9-10H2,1-2H3/t17-,24?/m0/s1. The molecule has 1 unspecified atom stereocenters. The van der Waals surface area contributed by atoms with E-state index in [-0.39, 0.29) is 6.17 Å². The van der Waals surface area contributed by atoms with Crippen molar-refractivity contribution in [3.8, 4) is 6.07 Å². The Labute approximate surface area is 167 Å². The zero-order valence-corrected chi connectivity index (χ0v) is 16.8. The van der Waals surface area contributed by atoms with Crippen LogP contribution in [0, 0.1) is 24.2 Å². The van der Waals surface area contributed by atoms with Gasteiger partial charge in [-0.15, -0.1) is 0 Å². The number of hydrogen-bond donors (Lipinski definition) is 0. The summed E-state index contributed by atoms with van der Waals surface area (Å²) in [6.07, 6.45) is 13.6. The SMILES string of the molecule is Cc1ccc2c(C#N)c(C3N=CC=CN3[C@@H](C)C3CC3)n(C3CCCC3)c2c1. The first-order chi connectivity index (χ1) is 13.7. The van der Waals surface area contributed by atoms with E-state index in [1.165, 1.54) is 49.6 Å². The number of fused-ring (bicyclic) bond motifs is 1. The smallest absolute Gasteiger partial charge is 0.163 e. The molecular formula is C24H28N4. The molecule has 0 N–H and O–H groups in total. The number of allylic oxidation sites excluding steroid dienone is 1. The van der Waals surface area contributed by atoms with Crippen LogP contribution in [0.25, 0.3) is 10.9 Å². The molecular weight excluding hydrogens is 344 g/mol. The highest BCUT2D eigenvalue weighted by Gasteiger charge is 2.38. The second-order valence-corrected chi connectivity index (χ2v) is 8.74. The minimum atomic E-state index is -0.108. The highest BCUT2D eigenvalue weighted by molar-refractivity contribution is 5.89. The van der Waals surface area contributed by atoms with Gasteiger partial charge in [-0.2, -0.15) is 5.26 Å². The number of benzene rings is 1. The van der Waals surface area contributed by atoms with Crippen LogP contribution in [-0.4, -0.2) is 21.7 Å². The summed E-state index contributed by atoms with van der Waals surface area (Å²) in [5.41, 5.74) is 4.37. The third kappa shape index (κ3) is 2.76. The van der Waals surface area contributed by atoms with E-state index in [0.29, 0.717) is 12.1 Å². The second-order valence-electron chi connectivity index (χ2n) is 8.74. The molecule has 5 rings (SSSR count). The zero-order chi connectivity index (χ0) is 19.3. The van der Waals surface area contributed by atoms with E-state index in [0.717, 1.165) is 22.6 Å². The largest absolute Gasteiger partial charge is 0.348 e. The Morgan fingerprint density at radius 1 is 1.18 bits per heavy atom. The lowest BCUT2D eigenvalue weighted by Crippen LogP contribution is -2.35. The summed E-state index contributed by atoms with van der Waals surface area (Å²) in [5, 5.41) is 11.2. The first-order valence-corrected chi connectivity index (χ1v) is 10.7. The normalized spacial score (nSPS) is 23.5. The average molecular weight is 373 g/mol. The average Bonchev–Trinajstić information content (AvgIpc) is 3.33. The van der Waals surface area contributed by atoms with Crippen LogP contribution in [0.3, 0.4) is 0 Å². The Bertz CT molecular complexity index is 996. The van der Waals surface area contributed by atoms with Crippen molar-refractivity contribution in [2.24, 2.45) is 10.9 Å². The van der Waals surface area contributed by atoms with Crippen molar-refractivity contribution in [1.29, 1.82) is 5.26 Å². The zero-order valence-electron chi connectivity index (χ0n) is 16.8. The molecule has 4 heteroatoms. The van der Waals surface area contributed by atoms with E-state index >= 15 is 0 Å². The summed E-state index contributed by atoms with van der Waals surface area (Å²) in [6, 6.07) is 10.00. The van der Waals surface area contributed by atoms with Crippen LogP contribution < -0.4 is 0 Å². The molecule has 2 fully saturated rings. The third-order valence-corrected chi connectivity index (χ3v) is 6.87. The number of nitriles is 1. The van der Waals surface area contributed by atoms with Gasteiger partial charge in [0.05, 0.1) is 16.8 Å². The Hall–Kier alpha value is -2.54. The van der Waals surface area contributed by atoms with Crippen LogP contribution >= 0.6 is 0 Å². The summed E-state index contributed by atoms with van der Waals surface area (Å²) < 4.78 is 2.49. The molecule has 2 atom stereocenters. The first-order valence-electron chi connectivity index (χ1n) is 10.7. The van der Waals surface area contributed by atoms with Crippen molar-refractivity contribution in [3.05, 3.63) is 47.3 Å². The minimum Gasteiger partial charge on any atom is -0.348 e. The van der Waals surface area contributed by atoms with Gasteiger partial charge in [0.1, 0.15) is 6.07 Å². The van der Waals surface area contributed by atoms with Gasteiger partial charge in [-0.25, -0.2) is 0 Å². The van der Waals surface area contributed by atoms with Gasteiger partial charge in [-0.1, -0.05) is 25.0 Å². The van der Waals surface area contributed by atoms with Crippen molar-refractivity contribution in [3.63, 3.8) is 0 Å². The molecule has 3 aliphatic rings. The van der Waals surface area contributed by atoms with Crippen molar-refractivity contribution in [1.82, 2.24) is 9.47 Å². The molecule has 2 saturated carbocycles. The molecule has 144 valence electrons. The number of aromatic nitrogens is 1. The number of hydrogen-bond acceptors (Lipinski definition) is 3. The summed E-state index contributed by atoms with van der Waals surface area (Å²) in [7, 11) is 0.